The van der Waals surface area contributed by atoms with Crippen molar-refractivity contribution in [1.29, 1.82) is 0 Å². The SMILES string of the molecule is O=[N+]([O-])c1ccccc1S(=O)(=O)NCC1CCN(c2ccncc2)CC1. The normalized spacial score (nSPS) is 15.8. The van der Waals surface area contributed by atoms with Gasteiger partial charge in [-0.3, -0.25) is 15.1 Å². The fourth-order valence-corrected chi connectivity index (χ4v) is 4.38. The minimum absolute atomic E-state index is 0.200. The summed E-state index contributed by atoms with van der Waals surface area (Å²) < 4.78 is 27.4. The molecule has 2 heterocycles. The molecule has 0 atom stereocenters. The quantitative estimate of drug-likeness (QED) is 0.612. The Morgan fingerprint density at radius 2 is 1.81 bits per heavy atom. The van der Waals surface area contributed by atoms with Crippen LogP contribution in [-0.2, 0) is 10.0 Å². The summed E-state index contributed by atoms with van der Waals surface area (Å²) in [6, 6.07) is 9.30. The number of nitro benzene ring substituents is 1. The molecule has 0 unspecified atom stereocenters. The number of anilines is 1. The Bertz CT molecular complexity index is 865. The van der Waals surface area contributed by atoms with Crippen molar-refractivity contribution in [2.75, 3.05) is 24.5 Å². The molecule has 26 heavy (non-hydrogen) atoms. The van der Waals surface area contributed by atoms with E-state index in [9.17, 15) is 18.5 Å². The zero-order valence-corrected chi connectivity index (χ0v) is 14.9. The van der Waals surface area contributed by atoms with Gasteiger partial charge in [-0.2, -0.15) is 0 Å². The van der Waals surface area contributed by atoms with Gasteiger partial charge in [-0.1, -0.05) is 12.1 Å². The van der Waals surface area contributed by atoms with Gasteiger partial charge in [-0.25, -0.2) is 13.1 Å². The molecule has 9 heteroatoms. The van der Waals surface area contributed by atoms with Gasteiger partial charge < -0.3 is 4.90 Å². The summed E-state index contributed by atoms with van der Waals surface area (Å²) in [7, 11) is -3.91. The number of sulfonamides is 1. The van der Waals surface area contributed by atoms with Crippen molar-refractivity contribution in [2.24, 2.45) is 5.92 Å². The van der Waals surface area contributed by atoms with Crippen LogP contribution in [-0.4, -0.2) is 38.0 Å². The number of hydrogen-bond donors (Lipinski definition) is 1. The molecule has 2 aromatic rings. The summed E-state index contributed by atoms with van der Waals surface area (Å²) in [5.74, 6) is 0.200. The van der Waals surface area contributed by atoms with Gasteiger partial charge in [0.25, 0.3) is 5.69 Å². The van der Waals surface area contributed by atoms with Gasteiger partial charge in [0.1, 0.15) is 0 Å². The molecular weight excluding hydrogens is 356 g/mol. The van der Waals surface area contributed by atoms with Crippen molar-refractivity contribution >= 4 is 21.4 Å². The molecule has 1 N–H and O–H groups in total. The number of para-hydroxylation sites is 1. The topological polar surface area (TPSA) is 105 Å². The Morgan fingerprint density at radius 1 is 1.15 bits per heavy atom. The molecule has 3 rings (SSSR count). The Labute approximate surface area is 152 Å². The first kappa shape index (κ1) is 18.3. The Morgan fingerprint density at radius 3 is 2.46 bits per heavy atom. The first-order chi connectivity index (χ1) is 12.5. The number of rotatable bonds is 6. The molecular formula is C17H20N4O4S. The fourth-order valence-electron chi connectivity index (χ4n) is 3.09. The molecule has 0 bridgehead atoms. The summed E-state index contributed by atoms with van der Waals surface area (Å²) in [5, 5.41) is 11.0. The Kier molecular flexibility index (Phi) is 5.48. The average molecular weight is 376 g/mol. The number of benzene rings is 1. The average Bonchev–Trinajstić information content (AvgIpc) is 2.67. The standard InChI is InChI=1S/C17H20N4O4S/c22-21(23)16-3-1-2-4-17(16)26(24,25)19-13-14-7-11-20(12-8-14)15-5-9-18-10-6-15/h1-6,9-10,14,19H,7-8,11-13H2. The molecule has 1 aliphatic rings. The van der Waals surface area contributed by atoms with Crippen LogP contribution in [0.15, 0.2) is 53.7 Å². The summed E-state index contributed by atoms with van der Waals surface area (Å²) in [4.78, 5) is 16.3. The lowest BCUT2D eigenvalue weighted by Gasteiger charge is -2.33. The molecule has 0 aliphatic carbocycles. The van der Waals surface area contributed by atoms with Gasteiger partial charge >= 0.3 is 0 Å². The lowest BCUT2D eigenvalue weighted by molar-refractivity contribution is -0.387. The second-order valence-electron chi connectivity index (χ2n) is 6.21. The van der Waals surface area contributed by atoms with Crippen molar-refractivity contribution in [1.82, 2.24) is 9.71 Å². The second-order valence-corrected chi connectivity index (χ2v) is 7.95. The van der Waals surface area contributed by atoms with E-state index in [-0.39, 0.29) is 17.4 Å². The molecule has 1 saturated heterocycles. The lowest BCUT2D eigenvalue weighted by Crippen LogP contribution is -2.38. The summed E-state index contributed by atoms with van der Waals surface area (Å²) >= 11 is 0. The minimum atomic E-state index is -3.91. The Balaban J connectivity index is 1.59. The van der Waals surface area contributed by atoms with E-state index in [2.05, 4.69) is 14.6 Å². The second kappa shape index (κ2) is 7.79. The van der Waals surface area contributed by atoms with Crippen LogP contribution in [0.3, 0.4) is 0 Å². The predicted molar refractivity (Wildman–Crippen MR) is 97.5 cm³/mol. The van der Waals surface area contributed by atoms with Gasteiger partial charge in [-0.15, -0.1) is 0 Å². The highest BCUT2D eigenvalue weighted by Gasteiger charge is 2.27. The molecule has 1 aliphatic heterocycles. The lowest BCUT2D eigenvalue weighted by atomic mass is 9.97. The summed E-state index contributed by atoms with van der Waals surface area (Å²) in [6.45, 7) is 1.95. The number of piperidine rings is 1. The number of aromatic nitrogens is 1. The van der Waals surface area contributed by atoms with Crippen molar-refractivity contribution in [3.8, 4) is 0 Å². The third-order valence-corrected chi connectivity index (χ3v) is 6.03. The molecule has 8 nitrogen and oxygen atoms in total. The highest BCUT2D eigenvalue weighted by Crippen LogP contribution is 2.25. The Hall–Kier alpha value is -2.52. The van der Waals surface area contributed by atoms with E-state index in [1.54, 1.807) is 12.4 Å². The summed E-state index contributed by atoms with van der Waals surface area (Å²) in [5.41, 5.74) is 0.700. The number of nitro groups is 1. The zero-order chi connectivity index (χ0) is 18.6. The number of nitrogens with one attached hydrogen (secondary N) is 1. The molecule has 0 spiro atoms. The first-order valence-electron chi connectivity index (χ1n) is 8.35. The molecule has 0 saturated carbocycles. The zero-order valence-electron chi connectivity index (χ0n) is 14.1. The minimum Gasteiger partial charge on any atom is -0.371 e. The van der Waals surface area contributed by atoms with Crippen LogP contribution in [0.1, 0.15) is 12.8 Å². The van der Waals surface area contributed by atoms with Crippen molar-refractivity contribution in [2.45, 2.75) is 17.7 Å². The highest BCUT2D eigenvalue weighted by atomic mass is 32.2. The number of hydrogen-bond acceptors (Lipinski definition) is 6. The summed E-state index contributed by atoms with van der Waals surface area (Å²) in [6.07, 6.45) is 5.20. The van der Waals surface area contributed by atoms with Crippen molar-refractivity contribution in [3.05, 3.63) is 58.9 Å². The van der Waals surface area contributed by atoms with Crippen LogP contribution in [0, 0.1) is 16.0 Å². The van der Waals surface area contributed by atoms with Crippen LogP contribution in [0.2, 0.25) is 0 Å². The monoisotopic (exact) mass is 376 g/mol. The van der Waals surface area contributed by atoms with E-state index >= 15 is 0 Å². The molecule has 1 aromatic heterocycles. The number of nitrogens with zero attached hydrogens (tertiary/aromatic N) is 3. The van der Waals surface area contributed by atoms with E-state index in [1.807, 2.05) is 12.1 Å². The van der Waals surface area contributed by atoms with E-state index < -0.39 is 20.6 Å². The van der Waals surface area contributed by atoms with Gasteiger partial charge in [0, 0.05) is 43.8 Å². The van der Waals surface area contributed by atoms with Gasteiger partial charge in [-0.05, 0) is 37.0 Å². The van der Waals surface area contributed by atoms with Crippen LogP contribution in [0.5, 0.6) is 0 Å². The maximum Gasteiger partial charge on any atom is 0.289 e. The van der Waals surface area contributed by atoms with Crippen LogP contribution in [0.4, 0.5) is 11.4 Å². The molecule has 1 fully saturated rings. The van der Waals surface area contributed by atoms with E-state index in [4.69, 9.17) is 0 Å². The smallest absolute Gasteiger partial charge is 0.289 e. The van der Waals surface area contributed by atoms with E-state index in [1.165, 1.54) is 24.3 Å². The van der Waals surface area contributed by atoms with Crippen LogP contribution in [0.25, 0.3) is 0 Å². The maximum atomic E-state index is 12.5. The van der Waals surface area contributed by atoms with E-state index in [0.717, 1.165) is 31.6 Å². The highest BCUT2D eigenvalue weighted by molar-refractivity contribution is 7.89. The molecule has 0 radical (unpaired) electrons. The van der Waals surface area contributed by atoms with Gasteiger partial charge in [0.2, 0.25) is 10.0 Å². The van der Waals surface area contributed by atoms with Crippen LogP contribution < -0.4 is 9.62 Å². The van der Waals surface area contributed by atoms with Crippen molar-refractivity contribution < 1.29 is 13.3 Å². The van der Waals surface area contributed by atoms with E-state index in [0.29, 0.717) is 0 Å². The molecule has 0 amide bonds. The largest absolute Gasteiger partial charge is 0.371 e. The van der Waals surface area contributed by atoms with Gasteiger partial charge in [0.05, 0.1) is 4.92 Å². The predicted octanol–water partition coefficient (Wildman–Crippen LogP) is 2.18. The third-order valence-electron chi connectivity index (χ3n) is 4.56. The third kappa shape index (κ3) is 4.17. The first-order valence-corrected chi connectivity index (χ1v) is 9.84. The fraction of sp³-hybridized carbons (Fsp3) is 0.353. The van der Waals surface area contributed by atoms with Crippen LogP contribution >= 0.6 is 0 Å². The van der Waals surface area contributed by atoms with Gasteiger partial charge in [0.15, 0.2) is 4.90 Å². The van der Waals surface area contributed by atoms with Crippen molar-refractivity contribution in [3.63, 3.8) is 0 Å². The molecule has 138 valence electrons. The molecule has 1 aromatic carbocycles. The maximum absolute atomic E-state index is 12.5. The number of pyridine rings is 1.